The van der Waals surface area contributed by atoms with Crippen LogP contribution in [0.3, 0.4) is 0 Å². The lowest BCUT2D eigenvalue weighted by Crippen LogP contribution is -2.60. The minimum absolute atomic E-state index is 0.241. The van der Waals surface area contributed by atoms with Crippen molar-refractivity contribution in [2.75, 3.05) is 12.4 Å². The van der Waals surface area contributed by atoms with Gasteiger partial charge >= 0.3 is 5.97 Å². The highest BCUT2D eigenvalue weighted by atomic mass is 32.1. The highest BCUT2D eigenvalue weighted by molar-refractivity contribution is 7.80. The number of hydrogen-bond acceptors (Lipinski definition) is 9. The van der Waals surface area contributed by atoms with Crippen LogP contribution >= 0.6 is 12.6 Å². The molecule has 5 unspecified atom stereocenters. The third kappa shape index (κ3) is 8.51. The van der Waals surface area contributed by atoms with Gasteiger partial charge in [-0.05, 0) is 6.92 Å². The van der Waals surface area contributed by atoms with Crippen LogP contribution in [-0.2, 0) is 24.0 Å². The molecule has 28 heavy (non-hydrogen) atoms. The van der Waals surface area contributed by atoms with Crippen molar-refractivity contribution in [3.8, 4) is 0 Å². The highest BCUT2D eigenvalue weighted by Crippen LogP contribution is 1.99. The van der Waals surface area contributed by atoms with Gasteiger partial charge in [-0.1, -0.05) is 0 Å². The summed E-state index contributed by atoms with van der Waals surface area (Å²) in [5, 5.41) is 34.2. The number of carbonyl (C=O) groups is 5. The van der Waals surface area contributed by atoms with Crippen LogP contribution in [0.1, 0.15) is 13.3 Å². The van der Waals surface area contributed by atoms with Crippen LogP contribution in [0.5, 0.6) is 0 Å². The first-order chi connectivity index (χ1) is 12.9. The molecule has 0 aromatic rings. The van der Waals surface area contributed by atoms with E-state index in [1.807, 2.05) is 0 Å². The van der Waals surface area contributed by atoms with Crippen LogP contribution in [0.15, 0.2) is 0 Å². The number of nitrogens with one attached hydrogen (secondary N) is 3. The average Bonchev–Trinajstić information content (AvgIpc) is 2.60. The highest BCUT2D eigenvalue weighted by Gasteiger charge is 2.32. The molecule has 0 aromatic heterocycles. The van der Waals surface area contributed by atoms with Gasteiger partial charge in [-0.15, -0.1) is 0 Å². The number of aliphatic carboxylic acids is 1. The first-order valence-corrected chi connectivity index (χ1v) is 8.65. The molecule has 0 aliphatic carbocycles. The number of aliphatic hydroxyl groups is 2. The van der Waals surface area contributed by atoms with Crippen molar-refractivity contribution in [2.24, 2.45) is 11.5 Å². The van der Waals surface area contributed by atoms with Gasteiger partial charge in [0.05, 0.1) is 25.2 Å². The van der Waals surface area contributed by atoms with Gasteiger partial charge in [0.15, 0.2) is 0 Å². The smallest absolute Gasteiger partial charge is 0.327 e. The molecule has 5 atom stereocenters. The number of carbonyl (C=O) groups excluding carboxylic acids is 4. The van der Waals surface area contributed by atoms with Crippen molar-refractivity contribution in [2.45, 2.75) is 43.6 Å². The minimum Gasteiger partial charge on any atom is -0.480 e. The Morgan fingerprint density at radius 1 is 1.00 bits per heavy atom. The molecule has 13 nitrogen and oxygen atoms in total. The SMILES string of the molecule is CC(O)C(NC(=O)C(CO)NC(=O)C(N)CC(N)=O)C(=O)NC(CS)C(=O)O. The van der Waals surface area contributed by atoms with E-state index in [1.165, 1.54) is 0 Å². The summed E-state index contributed by atoms with van der Waals surface area (Å²) in [6.07, 6.45) is -1.93. The van der Waals surface area contributed by atoms with Gasteiger partial charge in [-0.2, -0.15) is 12.6 Å². The quantitative estimate of drug-likeness (QED) is 0.136. The average molecular weight is 423 g/mol. The molecule has 0 saturated heterocycles. The largest absolute Gasteiger partial charge is 0.480 e. The molecule has 14 heteroatoms. The second kappa shape index (κ2) is 12.1. The van der Waals surface area contributed by atoms with Crippen LogP contribution in [0, 0.1) is 0 Å². The van der Waals surface area contributed by atoms with Crippen LogP contribution in [0.2, 0.25) is 0 Å². The first-order valence-electron chi connectivity index (χ1n) is 8.02. The maximum Gasteiger partial charge on any atom is 0.327 e. The van der Waals surface area contributed by atoms with E-state index in [4.69, 9.17) is 16.6 Å². The molecule has 0 aromatic carbocycles. The van der Waals surface area contributed by atoms with Gasteiger partial charge in [0.1, 0.15) is 18.1 Å². The Morgan fingerprint density at radius 3 is 1.93 bits per heavy atom. The number of amides is 4. The minimum atomic E-state index is -1.58. The fourth-order valence-electron chi connectivity index (χ4n) is 1.89. The fraction of sp³-hybridized carbons (Fsp3) is 0.643. The summed E-state index contributed by atoms with van der Waals surface area (Å²) in [6.45, 7) is 0.277. The van der Waals surface area contributed by atoms with E-state index >= 15 is 0 Å². The Bertz CT molecular complexity index is 602. The predicted molar refractivity (Wildman–Crippen MR) is 97.8 cm³/mol. The molecule has 160 valence electrons. The number of rotatable bonds is 12. The Hall–Kier alpha value is -2.42. The van der Waals surface area contributed by atoms with E-state index in [0.29, 0.717) is 0 Å². The fourth-order valence-corrected chi connectivity index (χ4v) is 2.14. The van der Waals surface area contributed by atoms with E-state index in [-0.39, 0.29) is 5.75 Å². The zero-order valence-corrected chi connectivity index (χ0v) is 15.9. The monoisotopic (exact) mass is 423 g/mol. The Labute approximate surface area is 165 Å². The van der Waals surface area contributed by atoms with Gasteiger partial charge in [-0.25, -0.2) is 4.79 Å². The summed E-state index contributed by atoms with van der Waals surface area (Å²) in [6, 6.07) is -5.86. The zero-order valence-electron chi connectivity index (χ0n) is 15.0. The summed E-state index contributed by atoms with van der Waals surface area (Å²) < 4.78 is 0. The summed E-state index contributed by atoms with van der Waals surface area (Å²) in [4.78, 5) is 57.9. The van der Waals surface area contributed by atoms with Crippen LogP contribution in [0.25, 0.3) is 0 Å². The first kappa shape index (κ1) is 25.6. The maximum atomic E-state index is 12.2. The van der Waals surface area contributed by atoms with Crippen molar-refractivity contribution in [3.05, 3.63) is 0 Å². The molecule has 0 bridgehead atoms. The lowest BCUT2D eigenvalue weighted by Gasteiger charge is -2.25. The number of carboxylic acid groups (broad SMARTS) is 1. The summed E-state index contributed by atoms with van der Waals surface area (Å²) in [5.74, 6) is -5.49. The molecule has 4 amide bonds. The molecular formula is C14H25N5O8S. The Kier molecular flexibility index (Phi) is 11.1. The predicted octanol–water partition coefficient (Wildman–Crippen LogP) is -4.97. The van der Waals surface area contributed by atoms with Crippen LogP contribution in [0.4, 0.5) is 0 Å². The molecule has 0 aliphatic rings. The zero-order chi connectivity index (χ0) is 22.0. The lowest BCUT2D eigenvalue weighted by atomic mass is 10.1. The normalized spacial score (nSPS) is 16.0. The van der Waals surface area contributed by atoms with Crippen molar-refractivity contribution < 1.29 is 39.3 Å². The van der Waals surface area contributed by atoms with Gasteiger partial charge in [0.25, 0.3) is 0 Å². The molecule has 0 heterocycles. The molecule has 0 spiro atoms. The van der Waals surface area contributed by atoms with E-state index in [2.05, 4.69) is 28.6 Å². The maximum absolute atomic E-state index is 12.2. The molecule has 0 saturated carbocycles. The van der Waals surface area contributed by atoms with E-state index in [0.717, 1.165) is 6.92 Å². The molecule has 0 aliphatic heterocycles. The lowest BCUT2D eigenvalue weighted by molar-refractivity contribution is -0.142. The third-order valence-corrected chi connectivity index (χ3v) is 3.80. The Balaban J connectivity index is 5.09. The third-order valence-electron chi connectivity index (χ3n) is 3.43. The van der Waals surface area contributed by atoms with E-state index < -0.39 is 72.9 Å². The summed E-state index contributed by atoms with van der Waals surface area (Å²) >= 11 is 3.78. The van der Waals surface area contributed by atoms with Gasteiger partial charge < -0.3 is 42.7 Å². The van der Waals surface area contributed by atoms with Crippen LogP contribution in [-0.4, -0.2) is 87.5 Å². The molecule has 10 N–H and O–H groups in total. The molecule has 0 radical (unpaired) electrons. The van der Waals surface area contributed by atoms with Crippen molar-refractivity contribution >= 4 is 42.2 Å². The topological polar surface area (TPSA) is 234 Å². The number of carboxylic acids is 1. The second-order valence-electron chi connectivity index (χ2n) is 5.83. The number of primary amides is 1. The standard InChI is InChI=1S/C14H25N5O8S/c1-5(21)10(13(25)18-8(4-28)14(26)27)19-12(24)7(3-20)17-11(23)6(15)2-9(16)22/h5-8,10,20-21,28H,2-4,15H2,1H3,(H2,16,22)(H,17,23)(H,18,25)(H,19,24)(H,26,27). The van der Waals surface area contributed by atoms with Gasteiger partial charge in [0.2, 0.25) is 23.6 Å². The number of hydrogen-bond donors (Lipinski definition) is 9. The van der Waals surface area contributed by atoms with Crippen LogP contribution < -0.4 is 27.4 Å². The van der Waals surface area contributed by atoms with Gasteiger partial charge in [-0.3, -0.25) is 19.2 Å². The van der Waals surface area contributed by atoms with E-state index in [1.54, 1.807) is 0 Å². The molecule has 0 rings (SSSR count). The molecular weight excluding hydrogens is 398 g/mol. The van der Waals surface area contributed by atoms with Crippen molar-refractivity contribution in [1.29, 1.82) is 0 Å². The van der Waals surface area contributed by atoms with Crippen molar-refractivity contribution in [1.82, 2.24) is 16.0 Å². The molecule has 0 fully saturated rings. The summed E-state index contributed by atoms with van der Waals surface area (Å²) in [5.41, 5.74) is 10.3. The summed E-state index contributed by atoms with van der Waals surface area (Å²) in [7, 11) is 0. The number of nitrogens with two attached hydrogens (primary N) is 2. The van der Waals surface area contributed by atoms with Crippen molar-refractivity contribution in [3.63, 3.8) is 0 Å². The number of thiol groups is 1. The Morgan fingerprint density at radius 2 is 1.54 bits per heavy atom. The van der Waals surface area contributed by atoms with E-state index in [9.17, 15) is 34.2 Å². The number of aliphatic hydroxyl groups excluding tert-OH is 2. The van der Waals surface area contributed by atoms with Gasteiger partial charge in [0, 0.05) is 5.75 Å². The second-order valence-corrected chi connectivity index (χ2v) is 6.19.